The Hall–Kier alpha value is -2.28. The first kappa shape index (κ1) is 17.5. The summed E-state index contributed by atoms with van der Waals surface area (Å²) in [5.41, 5.74) is 2.57. The molecule has 3 rings (SSSR count). The quantitative estimate of drug-likeness (QED) is 0.922. The van der Waals surface area contributed by atoms with Gasteiger partial charge in [-0.1, -0.05) is 6.92 Å². The van der Waals surface area contributed by atoms with Gasteiger partial charge >= 0.3 is 6.03 Å². The molecule has 7 nitrogen and oxygen atoms in total. The smallest absolute Gasteiger partial charge is 0.322 e. The molecular weight excluding hydrogens is 320 g/mol. The normalized spacial score (nSPS) is 17.8. The van der Waals surface area contributed by atoms with Crippen molar-refractivity contribution in [2.45, 2.75) is 46.7 Å². The highest BCUT2D eigenvalue weighted by Crippen LogP contribution is 2.28. The van der Waals surface area contributed by atoms with Gasteiger partial charge in [0.2, 0.25) is 0 Å². The molecule has 0 saturated carbocycles. The molecule has 7 heteroatoms. The molecule has 0 aliphatic carbocycles. The largest absolute Gasteiger partial charge is 0.464 e. The average Bonchev–Trinajstić information content (AvgIpc) is 3.21. The number of carbonyl (C=O) groups is 1. The third-order valence-corrected chi connectivity index (χ3v) is 4.66. The molecule has 2 aromatic rings. The van der Waals surface area contributed by atoms with Gasteiger partial charge in [-0.15, -0.1) is 0 Å². The number of morpholine rings is 1. The van der Waals surface area contributed by atoms with E-state index in [0.29, 0.717) is 19.8 Å². The number of ether oxygens (including phenoxy) is 1. The van der Waals surface area contributed by atoms with Crippen LogP contribution in [-0.4, -0.2) is 40.5 Å². The van der Waals surface area contributed by atoms with E-state index in [-0.39, 0.29) is 12.1 Å². The summed E-state index contributed by atoms with van der Waals surface area (Å²) in [6.07, 6.45) is 0.828. The third-order valence-electron chi connectivity index (χ3n) is 4.66. The molecule has 1 fully saturated rings. The van der Waals surface area contributed by atoms with Gasteiger partial charge in [0, 0.05) is 19.5 Å². The molecule has 2 amide bonds. The highest BCUT2D eigenvalue weighted by atomic mass is 16.5. The molecular formula is C18H26N4O3. The summed E-state index contributed by atoms with van der Waals surface area (Å²) >= 11 is 0. The van der Waals surface area contributed by atoms with Crippen molar-refractivity contribution < 1.29 is 13.9 Å². The van der Waals surface area contributed by atoms with Crippen LogP contribution in [0.2, 0.25) is 0 Å². The lowest BCUT2D eigenvalue weighted by atomic mass is 10.2. The van der Waals surface area contributed by atoms with Gasteiger partial charge in [-0.05, 0) is 32.9 Å². The standard InChI is InChI=1S/C18H26N4O3/c1-5-14-7-8-16(25-14)15-11-24-10-9-21(15)18(23)19-17-12(3)20-22(6-2)13(17)4/h7-8,15H,5-6,9-11H2,1-4H3,(H,19,23)/t15-/m1/s1. The van der Waals surface area contributed by atoms with E-state index in [1.807, 2.05) is 44.5 Å². The van der Waals surface area contributed by atoms with Crippen LogP contribution in [-0.2, 0) is 17.7 Å². The topological polar surface area (TPSA) is 72.5 Å². The summed E-state index contributed by atoms with van der Waals surface area (Å²) < 4.78 is 13.3. The van der Waals surface area contributed by atoms with Gasteiger partial charge in [0.25, 0.3) is 0 Å². The van der Waals surface area contributed by atoms with Crippen molar-refractivity contribution in [3.8, 4) is 0 Å². The van der Waals surface area contributed by atoms with Gasteiger partial charge in [-0.25, -0.2) is 4.79 Å². The fraction of sp³-hybridized carbons (Fsp3) is 0.556. The third kappa shape index (κ3) is 3.42. The van der Waals surface area contributed by atoms with Crippen molar-refractivity contribution in [1.29, 1.82) is 0 Å². The number of carbonyl (C=O) groups excluding carboxylic acids is 1. The van der Waals surface area contributed by atoms with Crippen molar-refractivity contribution in [3.63, 3.8) is 0 Å². The van der Waals surface area contributed by atoms with E-state index >= 15 is 0 Å². The molecule has 0 radical (unpaired) electrons. The Labute approximate surface area is 147 Å². The van der Waals surface area contributed by atoms with Crippen LogP contribution in [0.1, 0.15) is 42.8 Å². The zero-order valence-electron chi connectivity index (χ0n) is 15.3. The number of nitrogens with zero attached hydrogens (tertiary/aromatic N) is 3. The highest BCUT2D eigenvalue weighted by Gasteiger charge is 2.31. The molecule has 136 valence electrons. The lowest BCUT2D eigenvalue weighted by molar-refractivity contribution is 0.00701. The fourth-order valence-electron chi connectivity index (χ4n) is 3.21. The number of aryl methyl sites for hydroxylation is 3. The van der Waals surface area contributed by atoms with E-state index in [0.717, 1.165) is 41.6 Å². The van der Waals surface area contributed by atoms with E-state index in [9.17, 15) is 4.79 Å². The lowest BCUT2D eigenvalue weighted by Gasteiger charge is -2.34. The summed E-state index contributed by atoms with van der Waals surface area (Å²) in [6, 6.07) is 3.53. The monoisotopic (exact) mass is 346 g/mol. The first-order chi connectivity index (χ1) is 12.0. The van der Waals surface area contributed by atoms with Crippen LogP contribution in [0.25, 0.3) is 0 Å². The number of urea groups is 1. The van der Waals surface area contributed by atoms with Crippen molar-refractivity contribution in [2.24, 2.45) is 0 Å². The molecule has 1 N–H and O–H groups in total. The first-order valence-electron chi connectivity index (χ1n) is 8.83. The van der Waals surface area contributed by atoms with Gasteiger partial charge in [0.05, 0.1) is 30.3 Å². The number of hydrogen-bond donors (Lipinski definition) is 1. The maximum Gasteiger partial charge on any atom is 0.322 e. The van der Waals surface area contributed by atoms with E-state index in [1.54, 1.807) is 4.90 Å². The summed E-state index contributed by atoms with van der Waals surface area (Å²) in [5.74, 6) is 1.68. The molecule has 3 heterocycles. The zero-order chi connectivity index (χ0) is 18.0. The Bertz CT molecular complexity index is 750. The Morgan fingerprint density at radius 3 is 2.80 bits per heavy atom. The second-order valence-corrected chi connectivity index (χ2v) is 6.23. The van der Waals surface area contributed by atoms with Crippen LogP contribution >= 0.6 is 0 Å². The molecule has 2 aromatic heterocycles. The lowest BCUT2D eigenvalue weighted by Crippen LogP contribution is -2.45. The maximum absolute atomic E-state index is 12.9. The van der Waals surface area contributed by atoms with E-state index in [4.69, 9.17) is 9.15 Å². The predicted octanol–water partition coefficient (Wildman–Crippen LogP) is 3.28. The Balaban J connectivity index is 1.80. The summed E-state index contributed by atoms with van der Waals surface area (Å²) in [6.45, 7) is 10.2. The second-order valence-electron chi connectivity index (χ2n) is 6.23. The molecule has 1 aliphatic rings. The zero-order valence-corrected chi connectivity index (χ0v) is 15.3. The summed E-state index contributed by atoms with van der Waals surface area (Å²) in [5, 5.41) is 7.49. The van der Waals surface area contributed by atoms with Crippen LogP contribution in [0, 0.1) is 13.8 Å². The van der Waals surface area contributed by atoms with Crippen molar-refractivity contribution in [3.05, 3.63) is 35.0 Å². The van der Waals surface area contributed by atoms with Gasteiger partial charge in [-0.3, -0.25) is 4.68 Å². The number of furan rings is 1. The van der Waals surface area contributed by atoms with Crippen LogP contribution in [0.4, 0.5) is 10.5 Å². The van der Waals surface area contributed by atoms with Gasteiger partial charge < -0.3 is 19.4 Å². The molecule has 1 saturated heterocycles. The van der Waals surface area contributed by atoms with Crippen molar-refractivity contribution in [2.75, 3.05) is 25.1 Å². The second kappa shape index (κ2) is 7.31. The number of hydrogen-bond acceptors (Lipinski definition) is 4. The Morgan fingerprint density at radius 2 is 2.16 bits per heavy atom. The number of anilines is 1. The SMILES string of the molecule is CCc1ccc([C@H]2COCCN2C(=O)Nc2c(C)nn(CC)c2C)o1. The van der Waals surface area contributed by atoms with Gasteiger partial charge in [0.1, 0.15) is 17.6 Å². The summed E-state index contributed by atoms with van der Waals surface area (Å²) in [7, 11) is 0. The first-order valence-corrected chi connectivity index (χ1v) is 8.83. The Morgan fingerprint density at radius 1 is 1.36 bits per heavy atom. The van der Waals surface area contributed by atoms with Crippen molar-refractivity contribution in [1.82, 2.24) is 14.7 Å². The summed E-state index contributed by atoms with van der Waals surface area (Å²) in [4.78, 5) is 14.7. The molecule has 0 aromatic carbocycles. The van der Waals surface area contributed by atoms with Crippen LogP contribution in [0.3, 0.4) is 0 Å². The number of rotatable bonds is 4. The molecule has 0 unspecified atom stereocenters. The predicted molar refractivity (Wildman–Crippen MR) is 94.7 cm³/mol. The Kier molecular flexibility index (Phi) is 5.13. The van der Waals surface area contributed by atoms with Crippen LogP contribution in [0.5, 0.6) is 0 Å². The van der Waals surface area contributed by atoms with E-state index < -0.39 is 0 Å². The molecule has 0 bridgehead atoms. The maximum atomic E-state index is 12.9. The minimum Gasteiger partial charge on any atom is -0.464 e. The van der Waals surface area contributed by atoms with Crippen LogP contribution < -0.4 is 5.32 Å². The minimum absolute atomic E-state index is 0.149. The number of amides is 2. The van der Waals surface area contributed by atoms with E-state index in [1.165, 1.54) is 0 Å². The molecule has 25 heavy (non-hydrogen) atoms. The van der Waals surface area contributed by atoms with Crippen LogP contribution in [0.15, 0.2) is 16.5 Å². The van der Waals surface area contributed by atoms with Gasteiger partial charge in [-0.2, -0.15) is 5.10 Å². The molecule has 1 atom stereocenters. The number of nitrogens with one attached hydrogen (secondary N) is 1. The highest BCUT2D eigenvalue weighted by molar-refractivity contribution is 5.91. The van der Waals surface area contributed by atoms with E-state index in [2.05, 4.69) is 10.4 Å². The average molecular weight is 346 g/mol. The molecule has 0 spiro atoms. The van der Waals surface area contributed by atoms with Crippen molar-refractivity contribution >= 4 is 11.7 Å². The number of aromatic nitrogens is 2. The minimum atomic E-state index is -0.212. The van der Waals surface area contributed by atoms with Gasteiger partial charge in [0.15, 0.2) is 0 Å². The fourth-order valence-corrected chi connectivity index (χ4v) is 3.21. The molecule has 1 aliphatic heterocycles.